The van der Waals surface area contributed by atoms with Gasteiger partial charge in [0, 0.05) is 46.5 Å². The lowest BCUT2D eigenvalue weighted by Gasteiger charge is -2.33. The van der Waals surface area contributed by atoms with E-state index in [1.54, 1.807) is 0 Å². The summed E-state index contributed by atoms with van der Waals surface area (Å²) < 4.78 is 5.12. The van der Waals surface area contributed by atoms with Gasteiger partial charge in [0.1, 0.15) is 0 Å². The van der Waals surface area contributed by atoms with Gasteiger partial charge < -0.3 is 9.11 Å². The van der Waals surface area contributed by atoms with E-state index in [1.165, 1.54) is 77.1 Å². The van der Waals surface area contributed by atoms with Crippen molar-refractivity contribution in [2.24, 2.45) is 0 Å². The first-order valence-corrected chi connectivity index (χ1v) is 21.6. The molecule has 0 saturated heterocycles. The second kappa shape index (κ2) is 18.8. The summed E-state index contributed by atoms with van der Waals surface area (Å²) in [6, 6.07) is 49.0. The van der Waals surface area contributed by atoms with Crippen LogP contribution in [-0.4, -0.2) is 7.05 Å². The highest BCUT2D eigenvalue weighted by atomic mass is 31.1. The predicted octanol–water partition coefficient (Wildman–Crippen LogP) is 11.5. The van der Waals surface area contributed by atoms with E-state index >= 15 is 0 Å². The van der Waals surface area contributed by atoms with E-state index in [9.17, 15) is 0 Å². The van der Waals surface area contributed by atoms with Crippen LogP contribution in [0, 0.1) is 41.5 Å². The van der Waals surface area contributed by atoms with Crippen LogP contribution in [0.1, 0.15) is 58.4 Å². The Morgan fingerprint density at radius 3 is 1.25 bits per heavy atom. The van der Waals surface area contributed by atoms with Crippen LogP contribution in [-0.2, 0) is 12.8 Å². The summed E-state index contributed by atoms with van der Waals surface area (Å²) in [7, 11) is 2.90. The number of para-hydroxylation sites is 2. The summed E-state index contributed by atoms with van der Waals surface area (Å²) in [6.07, 6.45) is 2.11. The molecule has 6 rings (SSSR count). The van der Waals surface area contributed by atoms with Crippen molar-refractivity contribution in [1.29, 1.82) is 0 Å². The molecule has 0 aromatic heterocycles. The Morgan fingerprint density at radius 1 is 0.462 bits per heavy atom. The minimum atomic E-state index is -0.593. The van der Waals surface area contributed by atoms with Crippen molar-refractivity contribution in [3.05, 3.63) is 178 Å². The molecule has 0 saturated carbocycles. The van der Waals surface area contributed by atoms with Crippen LogP contribution in [0.2, 0.25) is 0 Å². The van der Waals surface area contributed by atoms with Gasteiger partial charge in [-0.05, 0) is 87.2 Å². The van der Waals surface area contributed by atoms with Gasteiger partial charge in [-0.15, -0.1) is 0 Å². The predicted molar refractivity (Wildman–Crippen MR) is 239 cm³/mol. The first-order valence-electron chi connectivity index (χ1n) is 18.4. The molecule has 0 spiro atoms. The third-order valence-corrected chi connectivity index (χ3v) is 14.2. The number of hydrogen-bond acceptors (Lipinski definition) is 2. The van der Waals surface area contributed by atoms with Crippen LogP contribution in [0.15, 0.2) is 133 Å². The maximum absolute atomic E-state index is 2.62. The van der Waals surface area contributed by atoms with Gasteiger partial charge in [0.2, 0.25) is 0 Å². The highest BCUT2D eigenvalue weighted by Gasteiger charge is 2.22. The molecule has 5 heteroatoms. The molecule has 2 unspecified atom stereocenters. The molecule has 0 aliphatic carbocycles. The van der Waals surface area contributed by atoms with Gasteiger partial charge in [-0.25, -0.2) is 0 Å². The van der Waals surface area contributed by atoms with Gasteiger partial charge in [-0.3, -0.25) is 0 Å². The summed E-state index contributed by atoms with van der Waals surface area (Å²) in [5.74, 6) is 0. The third-order valence-electron chi connectivity index (χ3n) is 9.18. The zero-order valence-electron chi connectivity index (χ0n) is 32.5. The van der Waals surface area contributed by atoms with Gasteiger partial charge in [0.15, 0.2) is 0 Å². The summed E-state index contributed by atoms with van der Waals surface area (Å²) >= 11 is 0. The Kier molecular flexibility index (Phi) is 14.3. The molecule has 52 heavy (non-hydrogen) atoms. The molecule has 0 aliphatic heterocycles. The lowest BCUT2D eigenvalue weighted by Crippen LogP contribution is -2.26. The zero-order valence-corrected chi connectivity index (χ0v) is 35.4. The quantitative estimate of drug-likeness (QED) is 0.122. The number of nitrogens with zero attached hydrogens (tertiary/aromatic N) is 2. The maximum atomic E-state index is 2.62. The Hall–Kier alpha value is -3.79. The monoisotopic (exact) mass is 740 g/mol. The Bertz CT molecular complexity index is 1930. The van der Waals surface area contributed by atoms with Crippen molar-refractivity contribution in [2.45, 2.75) is 68.2 Å². The van der Waals surface area contributed by atoms with E-state index in [4.69, 9.17) is 0 Å². The molecule has 0 amide bonds. The molecule has 0 N–H and O–H groups in total. The van der Waals surface area contributed by atoms with Crippen LogP contribution in [0.3, 0.4) is 0 Å². The second-order valence-corrected chi connectivity index (χ2v) is 18.9. The van der Waals surface area contributed by atoms with Crippen LogP contribution in [0.4, 0.5) is 11.4 Å². The first kappa shape index (κ1) is 39.4. The fraction of sp³-hybridized carbons (Fsp3) is 0.234. The molecule has 2 nitrogen and oxygen atoms in total. The number of benzene rings is 6. The van der Waals surface area contributed by atoms with Crippen molar-refractivity contribution >= 4 is 58.1 Å². The van der Waals surface area contributed by atoms with Gasteiger partial charge in [0.25, 0.3) is 0 Å². The smallest absolute Gasteiger partial charge is 0.0547 e. The van der Waals surface area contributed by atoms with E-state index in [1.807, 2.05) is 0 Å². The Balaban J connectivity index is 0.000000203. The van der Waals surface area contributed by atoms with Crippen LogP contribution in [0.25, 0.3) is 0 Å². The van der Waals surface area contributed by atoms with E-state index in [2.05, 4.69) is 205 Å². The van der Waals surface area contributed by atoms with Gasteiger partial charge in [-0.2, -0.15) is 0 Å². The topological polar surface area (TPSA) is 6.48 Å². The molecule has 0 bridgehead atoms. The lowest BCUT2D eigenvalue weighted by atomic mass is 10.1. The summed E-state index contributed by atoms with van der Waals surface area (Å²) in [6.45, 7) is 17.8. The first-order chi connectivity index (χ1) is 25.1. The van der Waals surface area contributed by atoms with Crippen LogP contribution >= 0.6 is 25.5 Å². The maximum Gasteiger partial charge on any atom is 0.0547 e. The van der Waals surface area contributed by atoms with E-state index in [0.29, 0.717) is 17.5 Å². The molecular weight excluding hydrogens is 685 g/mol. The largest absolute Gasteiger partial charge is 0.346 e. The minimum absolute atomic E-state index is 0.593. The minimum Gasteiger partial charge on any atom is -0.346 e. The molecule has 6 aromatic rings. The molecular formula is C47H55N2P3. The fourth-order valence-electron chi connectivity index (χ4n) is 7.00. The Morgan fingerprint density at radius 2 is 0.846 bits per heavy atom. The molecule has 0 radical (unpaired) electrons. The van der Waals surface area contributed by atoms with Gasteiger partial charge in [-0.1, -0.05) is 170 Å². The third kappa shape index (κ3) is 10.2. The van der Waals surface area contributed by atoms with Crippen LogP contribution in [0.5, 0.6) is 0 Å². The van der Waals surface area contributed by atoms with E-state index < -0.39 is 8.07 Å². The zero-order chi connectivity index (χ0) is 37.2. The normalized spacial score (nSPS) is 11.3. The summed E-state index contributed by atoms with van der Waals surface area (Å²) in [4.78, 5) is 0. The second-order valence-electron chi connectivity index (χ2n) is 13.7. The highest BCUT2D eigenvalue weighted by Crippen LogP contribution is 2.44. The lowest BCUT2D eigenvalue weighted by molar-refractivity contribution is 1.11. The molecule has 0 heterocycles. The fourth-order valence-corrected chi connectivity index (χ4v) is 12.9. The van der Waals surface area contributed by atoms with Crippen molar-refractivity contribution in [3.8, 4) is 0 Å². The average Bonchev–Trinajstić information content (AvgIpc) is 3.11. The van der Waals surface area contributed by atoms with Crippen LogP contribution < -0.4 is 30.3 Å². The average molecular weight is 741 g/mol. The van der Waals surface area contributed by atoms with Crippen molar-refractivity contribution in [3.63, 3.8) is 0 Å². The summed E-state index contributed by atoms with van der Waals surface area (Å²) in [5, 5.41) is 5.59. The molecule has 0 fully saturated rings. The van der Waals surface area contributed by atoms with E-state index in [-0.39, 0.29) is 0 Å². The van der Waals surface area contributed by atoms with E-state index in [0.717, 1.165) is 12.8 Å². The number of anilines is 2. The molecule has 0 aliphatic rings. The molecule has 268 valence electrons. The SMILES string of the molecule is CCc1cccc(C)c1N(C)P(c1ccccc1)c1ccccc1.CCc1cccc(C)c1N(Pc1cc(C)cc(C)c1)Pc1cc(C)cc(C)c1. The van der Waals surface area contributed by atoms with Crippen molar-refractivity contribution < 1.29 is 0 Å². The van der Waals surface area contributed by atoms with Gasteiger partial charge in [0.05, 0.1) is 8.07 Å². The summed E-state index contributed by atoms with van der Waals surface area (Å²) in [5.41, 5.74) is 13.7. The van der Waals surface area contributed by atoms with Crippen molar-refractivity contribution in [2.75, 3.05) is 16.2 Å². The van der Waals surface area contributed by atoms with Crippen molar-refractivity contribution in [1.82, 2.24) is 0 Å². The van der Waals surface area contributed by atoms with Gasteiger partial charge >= 0.3 is 0 Å². The molecule has 2 atom stereocenters. The number of rotatable bonds is 11. The molecule has 6 aromatic carbocycles. The highest BCUT2D eigenvalue weighted by molar-refractivity contribution is 7.74. The standard InChI is InChI=1S/C25H31NP2.C22H24NP/c1-7-22-10-8-9-21(6)25(22)26(27-23-13-17(2)11-18(3)14-23)28-24-15-19(4)12-20(5)16-24;1-4-19-13-11-12-18(2)22(19)23(3)24(20-14-7-5-8-15-20)21-16-9-6-10-17-21/h8-16,27-28H,7H2,1-6H3;5-17H,4H2,1-3H3. The Labute approximate surface area is 319 Å². The number of aryl methyl sites for hydroxylation is 8. The number of hydrogen-bond donors (Lipinski definition) is 0.